The maximum Gasteiger partial charge on any atom is 0.408 e. The van der Waals surface area contributed by atoms with Crippen LogP contribution in [0, 0.1) is 11.8 Å². The van der Waals surface area contributed by atoms with Crippen molar-refractivity contribution in [2.24, 2.45) is 11.8 Å². The molecule has 3 aliphatic carbocycles. The Morgan fingerprint density at radius 2 is 1.57 bits per heavy atom. The highest BCUT2D eigenvalue weighted by molar-refractivity contribution is 5.91. The van der Waals surface area contributed by atoms with Crippen molar-refractivity contribution in [1.82, 2.24) is 10.6 Å². The van der Waals surface area contributed by atoms with Crippen molar-refractivity contribution in [2.75, 3.05) is 13.2 Å². The maximum atomic E-state index is 13.0. The molecule has 2 fully saturated rings. The number of hydrogen-bond acceptors (Lipinski definition) is 4. The molecule has 3 aliphatic rings. The van der Waals surface area contributed by atoms with E-state index in [1.165, 1.54) is 11.1 Å². The molecule has 184 valence electrons. The van der Waals surface area contributed by atoms with Crippen molar-refractivity contribution in [3.8, 4) is 11.1 Å². The van der Waals surface area contributed by atoms with Crippen molar-refractivity contribution >= 4 is 18.0 Å². The SMILES string of the molecule is O=C(O)CC1CCC(CNC(=O)C2(NC(=O)OCC3c4ccccc4-c4ccccc43)CCC2)C1. The number of benzene rings is 2. The minimum Gasteiger partial charge on any atom is -0.481 e. The summed E-state index contributed by atoms with van der Waals surface area (Å²) in [6.45, 7) is 0.730. The van der Waals surface area contributed by atoms with Crippen molar-refractivity contribution in [1.29, 1.82) is 0 Å². The maximum absolute atomic E-state index is 13.0. The lowest BCUT2D eigenvalue weighted by atomic mass is 9.76. The van der Waals surface area contributed by atoms with Crippen LogP contribution in [0.4, 0.5) is 4.79 Å². The van der Waals surface area contributed by atoms with Crippen molar-refractivity contribution in [3.63, 3.8) is 0 Å². The number of hydrogen-bond donors (Lipinski definition) is 3. The number of nitrogens with one attached hydrogen (secondary N) is 2. The van der Waals surface area contributed by atoms with Gasteiger partial charge in [-0.3, -0.25) is 9.59 Å². The van der Waals surface area contributed by atoms with Gasteiger partial charge in [-0.05, 0) is 72.6 Å². The van der Waals surface area contributed by atoms with Crippen LogP contribution in [0.1, 0.15) is 62.0 Å². The van der Waals surface area contributed by atoms with E-state index in [9.17, 15) is 14.4 Å². The molecule has 7 heteroatoms. The predicted octanol–water partition coefficient (Wildman–Crippen LogP) is 4.46. The fraction of sp³-hybridized carbons (Fsp3) is 0.464. The second kappa shape index (κ2) is 9.72. The first kappa shape index (κ1) is 23.4. The molecule has 35 heavy (non-hydrogen) atoms. The molecule has 0 spiro atoms. The molecule has 0 aromatic heterocycles. The van der Waals surface area contributed by atoms with Gasteiger partial charge < -0.3 is 20.5 Å². The first-order valence-electron chi connectivity index (χ1n) is 12.6. The largest absolute Gasteiger partial charge is 0.481 e. The monoisotopic (exact) mass is 476 g/mol. The standard InChI is InChI=1S/C28H32N2O5/c31-25(32)15-18-10-11-19(14-18)16-29-26(33)28(12-5-13-28)30-27(34)35-17-24-22-8-3-1-6-20(22)21-7-2-4-9-23(21)24/h1-4,6-9,18-19,24H,5,10-17H2,(H,29,33)(H,30,34)(H,31,32). The van der Waals surface area contributed by atoms with Gasteiger partial charge >= 0.3 is 12.1 Å². The van der Waals surface area contributed by atoms with E-state index >= 15 is 0 Å². The number of ether oxygens (including phenoxy) is 1. The van der Waals surface area contributed by atoms with E-state index in [0.717, 1.165) is 36.8 Å². The minimum absolute atomic E-state index is 0.0274. The number of amides is 2. The third-order valence-corrected chi connectivity index (χ3v) is 7.99. The van der Waals surface area contributed by atoms with E-state index in [1.54, 1.807) is 0 Å². The molecule has 5 rings (SSSR count). The van der Waals surface area contributed by atoms with Crippen molar-refractivity contribution in [2.45, 2.75) is 56.4 Å². The number of carbonyl (C=O) groups excluding carboxylic acids is 2. The molecule has 0 saturated heterocycles. The van der Waals surface area contributed by atoms with Gasteiger partial charge in [0, 0.05) is 18.9 Å². The molecule has 7 nitrogen and oxygen atoms in total. The van der Waals surface area contributed by atoms with E-state index in [-0.39, 0.29) is 36.7 Å². The highest BCUT2D eigenvalue weighted by atomic mass is 16.5. The van der Waals surface area contributed by atoms with Gasteiger partial charge in [0.2, 0.25) is 5.91 Å². The lowest BCUT2D eigenvalue weighted by Crippen LogP contribution is -2.63. The molecule has 0 heterocycles. The second-order valence-electron chi connectivity index (χ2n) is 10.2. The van der Waals surface area contributed by atoms with Crippen LogP contribution in [0.25, 0.3) is 11.1 Å². The quantitative estimate of drug-likeness (QED) is 0.522. The molecule has 2 amide bonds. The van der Waals surface area contributed by atoms with E-state index in [1.807, 2.05) is 24.3 Å². The summed E-state index contributed by atoms with van der Waals surface area (Å²) in [5, 5.41) is 14.9. The van der Waals surface area contributed by atoms with Gasteiger partial charge in [0.1, 0.15) is 12.1 Å². The van der Waals surface area contributed by atoms with Crippen LogP contribution < -0.4 is 10.6 Å². The first-order valence-corrected chi connectivity index (χ1v) is 12.6. The summed E-state index contributed by atoms with van der Waals surface area (Å²) in [5.74, 6) is -0.485. The minimum atomic E-state index is -0.915. The molecular formula is C28H32N2O5. The lowest BCUT2D eigenvalue weighted by Gasteiger charge is -2.40. The van der Waals surface area contributed by atoms with Crippen LogP contribution in [0.5, 0.6) is 0 Å². The number of carboxylic acid groups (broad SMARTS) is 1. The summed E-state index contributed by atoms with van der Waals surface area (Å²) in [6, 6.07) is 16.4. The van der Waals surface area contributed by atoms with Gasteiger partial charge in [0.25, 0.3) is 0 Å². The molecule has 2 aromatic carbocycles. The number of alkyl carbamates (subject to hydrolysis) is 1. The van der Waals surface area contributed by atoms with Gasteiger partial charge in [-0.2, -0.15) is 0 Å². The van der Waals surface area contributed by atoms with Crippen LogP contribution >= 0.6 is 0 Å². The number of fused-ring (bicyclic) bond motifs is 3. The zero-order valence-corrected chi connectivity index (χ0v) is 19.8. The Balaban J connectivity index is 1.15. The van der Waals surface area contributed by atoms with E-state index in [4.69, 9.17) is 9.84 Å². The average Bonchev–Trinajstić information content (AvgIpc) is 3.40. The van der Waals surface area contributed by atoms with Gasteiger partial charge in [0.15, 0.2) is 0 Å². The Morgan fingerprint density at radius 1 is 0.943 bits per heavy atom. The Labute approximate surface area is 205 Å². The topological polar surface area (TPSA) is 105 Å². The summed E-state index contributed by atoms with van der Waals surface area (Å²) in [5.41, 5.74) is 3.72. The Hall–Kier alpha value is -3.35. The molecule has 0 radical (unpaired) electrons. The number of carboxylic acids is 1. The first-order chi connectivity index (χ1) is 16.9. The number of aliphatic carboxylic acids is 1. The highest BCUT2D eigenvalue weighted by Crippen LogP contribution is 2.44. The number of carbonyl (C=O) groups is 3. The van der Waals surface area contributed by atoms with Crippen LogP contribution in [0.15, 0.2) is 48.5 Å². The molecule has 2 aromatic rings. The van der Waals surface area contributed by atoms with E-state index in [0.29, 0.717) is 19.4 Å². The summed E-state index contributed by atoms with van der Waals surface area (Å²) in [4.78, 5) is 36.7. The van der Waals surface area contributed by atoms with Gasteiger partial charge in [0.05, 0.1) is 0 Å². The van der Waals surface area contributed by atoms with Gasteiger partial charge in [-0.25, -0.2) is 4.79 Å². The Kier molecular flexibility index (Phi) is 6.50. The smallest absolute Gasteiger partial charge is 0.408 e. The lowest BCUT2D eigenvalue weighted by molar-refractivity contribution is -0.138. The molecule has 2 unspecified atom stereocenters. The summed E-state index contributed by atoms with van der Waals surface area (Å²) in [7, 11) is 0. The summed E-state index contributed by atoms with van der Waals surface area (Å²) < 4.78 is 5.66. The fourth-order valence-corrected chi connectivity index (χ4v) is 5.97. The Bertz CT molecular complexity index is 1080. The van der Waals surface area contributed by atoms with Crippen LogP contribution in [-0.2, 0) is 14.3 Å². The van der Waals surface area contributed by atoms with Crippen molar-refractivity contribution < 1.29 is 24.2 Å². The van der Waals surface area contributed by atoms with Crippen molar-refractivity contribution in [3.05, 3.63) is 59.7 Å². The Morgan fingerprint density at radius 3 is 2.17 bits per heavy atom. The number of rotatable bonds is 8. The molecular weight excluding hydrogens is 444 g/mol. The fourth-order valence-electron chi connectivity index (χ4n) is 5.97. The summed E-state index contributed by atoms with van der Waals surface area (Å²) >= 11 is 0. The van der Waals surface area contributed by atoms with Gasteiger partial charge in [-0.1, -0.05) is 48.5 Å². The van der Waals surface area contributed by atoms with E-state index < -0.39 is 17.6 Å². The molecule has 0 aliphatic heterocycles. The molecule has 2 atom stereocenters. The van der Waals surface area contributed by atoms with E-state index in [2.05, 4.69) is 34.9 Å². The third kappa shape index (κ3) is 4.77. The predicted molar refractivity (Wildman–Crippen MR) is 131 cm³/mol. The second-order valence-corrected chi connectivity index (χ2v) is 10.2. The van der Waals surface area contributed by atoms with Crippen LogP contribution in [-0.4, -0.2) is 41.8 Å². The molecule has 0 bridgehead atoms. The normalized spacial score (nSPS) is 21.9. The third-order valence-electron chi connectivity index (χ3n) is 7.99. The van der Waals surface area contributed by atoms with Crippen LogP contribution in [0.2, 0.25) is 0 Å². The zero-order chi connectivity index (χ0) is 24.4. The van der Waals surface area contributed by atoms with Crippen LogP contribution in [0.3, 0.4) is 0 Å². The summed E-state index contributed by atoms with van der Waals surface area (Å²) in [6.07, 6.45) is 4.31. The molecule has 2 saturated carbocycles. The van der Waals surface area contributed by atoms with Gasteiger partial charge in [-0.15, -0.1) is 0 Å². The molecule has 3 N–H and O–H groups in total. The average molecular weight is 477 g/mol. The zero-order valence-electron chi connectivity index (χ0n) is 19.8. The highest BCUT2D eigenvalue weighted by Gasteiger charge is 2.46.